The monoisotopic (exact) mass is 360 g/mol. The lowest BCUT2D eigenvalue weighted by atomic mass is 10.1. The second-order valence-electron chi connectivity index (χ2n) is 6.46. The first kappa shape index (κ1) is 17.0. The predicted octanol–water partition coefficient (Wildman–Crippen LogP) is 4.85. The van der Waals surface area contributed by atoms with Gasteiger partial charge in [-0.25, -0.2) is 0 Å². The van der Waals surface area contributed by atoms with Crippen molar-refractivity contribution < 1.29 is 13.9 Å². The van der Waals surface area contributed by atoms with Crippen LogP contribution >= 0.6 is 0 Å². The van der Waals surface area contributed by atoms with E-state index < -0.39 is 0 Å². The maximum absolute atomic E-state index is 12.9. The number of hydrogen-bond donors (Lipinski definition) is 1. The summed E-state index contributed by atoms with van der Waals surface area (Å²) in [5, 5.41) is 2.94. The summed E-state index contributed by atoms with van der Waals surface area (Å²) in [5.41, 5.74) is 5.14. The number of rotatable bonds is 5. The van der Waals surface area contributed by atoms with Crippen LogP contribution in [0, 0.1) is 6.92 Å². The standard InChI is InChI=1S/C22H20N2O3/c1-15-6-8-16(9-7-15)14-24-19-10-11-27-21(19)13-20(24)22(25)23-17-4-3-5-18(12-17)26-2/h3-13H,14H2,1-2H3,(H,23,25). The van der Waals surface area contributed by atoms with Crippen molar-refractivity contribution in [2.75, 3.05) is 12.4 Å². The Kier molecular flexibility index (Phi) is 4.42. The first-order valence-electron chi connectivity index (χ1n) is 8.72. The highest BCUT2D eigenvalue weighted by molar-refractivity contribution is 6.06. The fraction of sp³-hybridized carbons (Fsp3) is 0.136. The molecule has 4 aromatic rings. The van der Waals surface area contributed by atoms with Crippen molar-refractivity contribution in [3.05, 3.63) is 83.7 Å². The van der Waals surface area contributed by atoms with Crippen LogP contribution in [0.5, 0.6) is 5.75 Å². The average Bonchev–Trinajstić information content (AvgIpc) is 3.26. The molecule has 0 aliphatic carbocycles. The number of fused-ring (bicyclic) bond motifs is 1. The third-order valence-electron chi connectivity index (χ3n) is 4.54. The lowest BCUT2D eigenvalue weighted by Gasteiger charge is -2.11. The van der Waals surface area contributed by atoms with Crippen LogP contribution in [0.2, 0.25) is 0 Å². The molecule has 0 aliphatic rings. The Morgan fingerprint density at radius 2 is 1.93 bits per heavy atom. The molecule has 0 saturated heterocycles. The number of amides is 1. The van der Waals surface area contributed by atoms with Crippen LogP contribution in [-0.2, 0) is 6.54 Å². The van der Waals surface area contributed by atoms with Crippen LogP contribution in [0.4, 0.5) is 5.69 Å². The van der Waals surface area contributed by atoms with E-state index in [1.807, 2.05) is 28.8 Å². The fourth-order valence-corrected chi connectivity index (χ4v) is 3.11. The molecule has 0 aliphatic heterocycles. The zero-order valence-corrected chi connectivity index (χ0v) is 15.2. The summed E-state index contributed by atoms with van der Waals surface area (Å²) in [6, 6.07) is 19.2. The van der Waals surface area contributed by atoms with Gasteiger partial charge in [0.05, 0.1) is 18.9 Å². The number of nitrogens with one attached hydrogen (secondary N) is 1. The first-order valence-corrected chi connectivity index (χ1v) is 8.72. The van der Waals surface area contributed by atoms with Crippen molar-refractivity contribution in [2.24, 2.45) is 0 Å². The van der Waals surface area contributed by atoms with E-state index in [-0.39, 0.29) is 5.91 Å². The number of methoxy groups -OCH3 is 1. The molecule has 0 saturated carbocycles. The molecule has 0 atom stereocenters. The molecule has 4 rings (SSSR count). The van der Waals surface area contributed by atoms with E-state index in [0.717, 1.165) is 11.1 Å². The van der Waals surface area contributed by atoms with E-state index in [2.05, 4.69) is 36.5 Å². The molecular formula is C22H20N2O3. The van der Waals surface area contributed by atoms with Crippen molar-refractivity contribution in [3.8, 4) is 5.75 Å². The van der Waals surface area contributed by atoms with Crippen molar-refractivity contribution in [1.29, 1.82) is 0 Å². The molecule has 5 heteroatoms. The van der Waals surface area contributed by atoms with Gasteiger partial charge < -0.3 is 19.0 Å². The van der Waals surface area contributed by atoms with Gasteiger partial charge in [0.2, 0.25) is 0 Å². The van der Waals surface area contributed by atoms with E-state index in [4.69, 9.17) is 9.15 Å². The molecular weight excluding hydrogens is 340 g/mol. The summed E-state index contributed by atoms with van der Waals surface area (Å²) in [4.78, 5) is 12.9. The van der Waals surface area contributed by atoms with Gasteiger partial charge in [-0.05, 0) is 24.6 Å². The van der Waals surface area contributed by atoms with Gasteiger partial charge in [0.25, 0.3) is 5.91 Å². The largest absolute Gasteiger partial charge is 0.497 e. The van der Waals surface area contributed by atoms with E-state index >= 15 is 0 Å². The Morgan fingerprint density at radius 3 is 2.70 bits per heavy atom. The van der Waals surface area contributed by atoms with Crippen LogP contribution in [0.1, 0.15) is 21.6 Å². The van der Waals surface area contributed by atoms with Gasteiger partial charge in [-0.15, -0.1) is 0 Å². The Hall–Kier alpha value is -3.47. The number of carbonyl (C=O) groups excluding carboxylic acids is 1. The highest BCUT2D eigenvalue weighted by atomic mass is 16.5. The minimum Gasteiger partial charge on any atom is -0.497 e. The molecule has 0 spiro atoms. The van der Waals surface area contributed by atoms with Crippen LogP contribution in [-0.4, -0.2) is 17.6 Å². The summed E-state index contributed by atoms with van der Waals surface area (Å²) >= 11 is 0. The highest BCUT2D eigenvalue weighted by Crippen LogP contribution is 2.24. The molecule has 2 heterocycles. The summed E-state index contributed by atoms with van der Waals surface area (Å²) in [5.74, 6) is 0.498. The minimum absolute atomic E-state index is 0.193. The SMILES string of the molecule is COc1cccc(NC(=O)c2cc3occc3n2Cc2ccc(C)cc2)c1. The van der Waals surface area contributed by atoms with E-state index in [1.165, 1.54) is 5.56 Å². The second kappa shape index (κ2) is 7.03. The van der Waals surface area contributed by atoms with Crippen molar-refractivity contribution in [1.82, 2.24) is 4.57 Å². The van der Waals surface area contributed by atoms with Crippen LogP contribution < -0.4 is 10.1 Å². The lowest BCUT2D eigenvalue weighted by molar-refractivity contribution is 0.101. The predicted molar refractivity (Wildman–Crippen MR) is 105 cm³/mol. The number of anilines is 1. The Morgan fingerprint density at radius 1 is 1.11 bits per heavy atom. The van der Waals surface area contributed by atoms with Gasteiger partial charge in [-0.3, -0.25) is 4.79 Å². The third-order valence-corrected chi connectivity index (χ3v) is 4.54. The number of aromatic nitrogens is 1. The summed E-state index contributed by atoms with van der Waals surface area (Å²) in [7, 11) is 1.60. The highest BCUT2D eigenvalue weighted by Gasteiger charge is 2.18. The molecule has 0 bridgehead atoms. The zero-order chi connectivity index (χ0) is 18.8. The topological polar surface area (TPSA) is 56.4 Å². The number of nitrogens with zero attached hydrogens (tertiary/aromatic N) is 1. The van der Waals surface area contributed by atoms with Crippen LogP contribution in [0.3, 0.4) is 0 Å². The summed E-state index contributed by atoms with van der Waals surface area (Å²) in [6.07, 6.45) is 1.64. The molecule has 5 nitrogen and oxygen atoms in total. The average molecular weight is 360 g/mol. The number of carbonyl (C=O) groups is 1. The lowest BCUT2D eigenvalue weighted by Crippen LogP contribution is -2.17. The van der Waals surface area contributed by atoms with E-state index in [0.29, 0.717) is 29.3 Å². The van der Waals surface area contributed by atoms with Gasteiger partial charge in [0.15, 0.2) is 5.58 Å². The molecule has 2 aromatic heterocycles. The minimum atomic E-state index is -0.193. The van der Waals surface area contributed by atoms with Gasteiger partial charge in [-0.1, -0.05) is 35.9 Å². The van der Waals surface area contributed by atoms with Crippen molar-refractivity contribution in [3.63, 3.8) is 0 Å². The third kappa shape index (κ3) is 3.44. The Labute approximate surface area is 157 Å². The smallest absolute Gasteiger partial charge is 0.272 e. The second-order valence-corrected chi connectivity index (χ2v) is 6.46. The molecule has 0 fully saturated rings. The summed E-state index contributed by atoms with van der Waals surface area (Å²) < 4.78 is 12.7. The number of ether oxygens (including phenoxy) is 1. The molecule has 0 radical (unpaired) electrons. The molecule has 2 aromatic carbocycles. The first-order chi connectivity index (χ1) is 13.1. The van der Waals surface area contributed by atoms with Gasteiger partial charge >= 0.3 is 0 Å². The fourth-order valence-electron chi connectivity index (χ4n) is 3.11. The number of furan rings is 1. The van der Waals surface area contributed by atoms with Gasteiger partial charge in [0.1, 0.15) is 11.4 Å². The quantitative estimate of drug-likeness (QED) is 0.553. The van der Waals surface area contributed by atoms with Crippen molar-refractivity contribution in [2.45, 2.75) is 13.5 Å². The van der Waals surface area contributed by atoms with Gasteiger partial charge in [-0.2, -0.15) is 0 Å². The molecule has 0 unspecified atom stereocenters. The molecule has 136 valence electrons. The van der Waals surface area contributed by atoms with Crippen LogP contribution in [0.25, 0.3) is 11.1 Å². The van der Waals surface area contributed by atoms with E-state index in [9.17, 15) is 4.79 Å². The van der Waals surface area contributed by atoms with E-state index in [1.54, 1.807) is 25.5 Å². The number of benzene rings is 2. The molecule has 1 amide bonds. The number of aryl methyl sites for hydroxylation is 1. The summed E-state index contributed by atoms with van der Waals surface area (Å²) in [6.45, 7) is 2.64. The molecule has 27 heavy (non-hydrogen) atoms. The van der Waals surface area contributed by atoms with Crippen molar-refractivity contribution >= 4 is 22.7 Å². The Balaban J connectivity index is 1.67. The van der Waals surface area contributed by atoms with Gasteiger partial charge in [0, 0.05) is 30.4 Å². The van der Waals surface area contributed by atoms with Crippen LogP contribution in [0.15, 0.2) is 71.3 Å². The molecule has 1 N–H and O–H groups in total. The maximum atomic E-state index is 12.9. The zero-order valence-electron chi connectivity index (χ0n) is 15.2. The Bertz CT molecular complexity index is 1090. The normalized spacial score (nSPS) is 10.9. The number of hydrogen-bond acceptors (Lipinski definition) is 3. The maximum Gasteiger partial charge on any atom is 0.272 e.